The number of rotatable bonds is 7. The fourth-order valence-electron chi connectivity index (χ4n) is 3.22. The van der Waals surface area contributed by atoms with Gasteiger partial charge in [-0.1, -0.05) is 0 Å². The first-order chi connectivity index (χ1) is 12.7. The minimum Gasteiger partial charge on any atom is -0.493 e. The number of carbonyl (C=O) groups is 2. The van der Waals surface area contributed by atoms with E-state index in [2.05, 4.69) is 4.98 Å². The number of aromatic nitrogens is 1. The third-order valence-corrected chi connectivity index (χ3v) is 4.53. The predicted molar refractivity (Wildman–Crippen MR) is 97.0 cm³/mol. The molecule has 0 atom stereocenters. The van der Waals surface area contributed by atoms with E-state index in [4.69, 9.17) is 14.2 Å². The molecular formula is C20H23NO5. The van der Waals surface area contributed by atoms with Gasteiger partial charge in [-0.2, -0.15) is 0 Å². The van der Waals surface area contributed by atoms with Crippen LogP contribution >= 0.6 is 0 Å². The van der Waals surface area contributed by atoms with Crippen LogP contribution in [-0.4, -0.2) is 37.1 Å². The highest BCUT2D eigenvalue weighted by atomic mass is 16.5. The molecule has 138 valence electrons. The summed E-state index contributed by atoms with van der Waals surface area (Å²) in [5, 5.41) is 0. The van der Waals surface area contributed by atoms with Gasteiger partial charge < -0.3 is 19.2 Å². The molecule has 6 nitrogen and oxygen atoms in total. The first-order valence-corrected chi connectivity index (χ1v) is 8.86. The van der Waals surface area contributed by atoms with Gasteiger partial charge in [-0.15, -0.1) is 0 Å². The van der Waals surface area contributed by atoms with E-state index in [9.17, 15) is 9.59 Å². The van der Waals surface area contributed by atoms with Crippen molar-refractivity contribution in [2.24, 2.45) is 0 Å². The molecule has 26 heavy (non-hydrogen) atoms. The molecule has 1 aliphatic rings. The van der Waals surface area contributed by atoms with E-state index in [1.165, 1.54) is 12.8 Å². The quantitative estimate of drug-likeness (QED) is 0.598. The molecule has 1 fully saturated rings. The van der Waals surface area contributed by atoms with Crippen LogP contribution in [-0.2, 0) is 4.74 Å². The van der Waals surface area contributed by atoms with Gasteiger partial charge in [0.05, 0.1) is 31.1 Å². The number of carbonyl (C=O) groups excluding carboxylic acids is 2. The Bertz CT molecular complexity index is 789. The van der Waals surface area contributed by atoms with Gasteiger partial charge >= 0.3 is 5.97 Å². The second-order valence-electron chi connectivity index (χ2n) is 6.24. The van der Waals surface area contributed by atoms with Gasteiger partial charge in [0.2, 0.25) is 0 Å². The van der Waals surface area contributed by atoms with Gasteiger partial charge in [0.25, 0.3) is 0 Å². The molecule has 0 radical (unpaired) electrons. The third kappa shape index (κ3) is 3.74. The molecule has 0 amide bonds. The number of hydrogen-bond acceptors (Lipinski definition) is 5. The zero-order valence-corrected chi connectivity index (χ0v) is 15.0. The highest BCUT2D eigenvalue weighted by molar-refractivity contribution is 5.99. The van der Waals surface area contributed by atoms with Crippen molar-refractivity contribution in [3.8, 4) is 22.8 Å². The summed E-state index contributed by atoms with van der Waals surface area (Å²) in [6.07, 6.45) is 5.25. The van der Waals surface area contributed by atoms with Crippen LogP contribution in [0, 0.1) is 0 Å². The van der Waals surface area contributed by atoms with Crippen LogP contribution in [0.4, 0.5) is 0 Å². The average Bonchev–Trinajstić information content (AvgIpc) is 3.31. The predicted octanol–water partition coefficient (Wildman–Crippen LogP) is 4.00. The van der Waals surface area contributed by atoms with Crippen molar-refractivity contribution < 1.29 is 23.8 Å². The molecule has 6 heteroatoms. The van der Waals surface area contributed by atoms with Crippen LogP contribution < -0.4 is 9.47 Å². The molecule has 3 rings (SSSR count). The van der Waals surface area contributed by atoms with Crippen LogP contribution in [0.15, 0.2) is 24.3 Å². The number of aldehydes is 1. The molecule has 0 aliphatic heterocycles. The molecule has 1 saturated carbocycles. The zero-order valence-electron chi connectivity index (χ0n) is 15.0. The molecule has 2 aromatic rings. The van der Waals surface area contributed by atoms with Crippen LogP contribution in [0.3, 0.4) is 0 Å². The Balaban J connectivity index is 1.93. The molecule has 1 N–H and O–H groups in total. The van der Waals surface area contributed by atoms with Gasteiger partial charge in [-0.25, -0.2) is 4.79 Å². The summed E-state index contributed by atoms with van der Waals surface area (Å²) in [5.74, 6) is 0.804. The molecule has 1 aromatic heterocycles. The lowest BCUT2D eigenvalue weighted by atomic mass is 10.1. The Morgan fingerprint density at radius 2 is 2.00 bits per heavy atom. The normalized spacial score (nSPS) is 14.2. The Hall–Kier alpha value is -2.76. The van der Waals surface area contributed by atoms with Crippen LogP contribution in [0.25, 0.3) is 11.3 Å². The lowest BCUT2D eigenvalue weighted by molar-refractivity contribution is 0.0524. The van der Waals surface area contributed by atoms with Crippen molar-refractivity contribution in [2.45, 2.75) is 38.7 Å². The van der Waals surface area contributed by atoms with Gasteiger partial charge in [0, 0.05) is 11.3 Å². The largest absolute Gasteiger partial charge is 0.493 e. The number of H-pyrrole nitrogens is 1. The molecule has 0 saturated heterocycles. The number of ether oxygens (including phenoxy) is 3. The minimum atomic E-state index is -0.520. The van der Waals surface area contributed by atoms with Gasteiger partial charge in [0.1, 0.15) is 0 Å². The van der Waals surface area contributed by atoms with Gasteiger partial charge in [0.15, 0.2) is 17.8 Å². The van der Waals surface area contributed by atoms with E-state index in [-0.39, 0.29) is 24.0 Å². The second-order valence-corrected chi connectivity index (χ2v) is 6.24. The van der Waals surface area contributed by atoms with Gasteiger partial charge in [-0.3, -0.25) is 4.79 Å². The van der Waals surface area contributed by atoms with Crippen molar-refractivity contribution in [3.63, 3.8) is 0 Å². The minimum absolute atomic E-state index is 0.198. The molecule has 0 bridgehead atoms. The van der Waals surface area contributed by atoms with Crippen molar-refractivity contribution in [1.82, 2.24) is 4.98 Å². The molecule has 1 aliphatic carbocycles. The van der Waals surface area contributed by atoms with Gasteiger partial charge in [-0.05, 0) is 56.9 Å². The first-order valence-electron chi connectivity index (χ1n) is 8.86. The SMILES string of the molecule is CCOC(=O)c1cc(-c2ccc(OC)c(OC3CCCC3)c2)[nH]c1C=O. The van der Waals surface area contributed by atoms with Crippen molar-refractivity contribution in [1.29, 1.82) is 0 Å². The summed E-state index contributed by atoms with van der Waals surface area (Å²) in [6.45, 7) is 1.97. The summed E-state index contributed by atoms with van der Waals surface area (Å²) >= 11 is 0. The Labute approximate surface area is 152 Å². The maximum atomic E-state index is 12.0. The Morgan fingerprint density at radius 1 is 1.23 bits per heavy atom. The Morgan fingerprint density at radius 3 is 2.65 bits per heavy atom. The summed E-state index contributed by atoms with van der Waals surface area (Å²) in [5.41, 5.74) is 1.88. The van der Waals surface area contributed by atoms with Crippen LogP contribution in [0.2, 0.25) is 0 Å². The monoisotopic (exact) mass is 357 g/mol. The molecule has 0 spiro atoms. The van der Waals surface area contributed by atoms with E-state index >= 15 is 0 Å². The van der Waals surface area contributed by atoms with E-state index in [0.717, 1.165) is 18.4 Å². The number of methoxy groups -OCH3 is 1. The third-order valence-electron chi connectivity index (χ3n) is 4.53. The maximum Gasteiger partial charge on any atom is 0.340 e. The molecule has 1 heterocycles. The highest BCUT2D eigenvalue weighted by Gasteiger charge is 2.20. The summed E-state index contributed by atoms with van der Waals surface area (Å²) in [4.78, 5) is 26.3. The van der Waals surface area contributed by atoms with Crippen LogP contribution in [0.5, 0.6) is 11.5 Å². The average molecular weight is 357 g/mol. The summed E-state index contributed by atoms with van der Waals surface area (Å²) in [7, 11) is 1.61. The second kappa shape index (κ2) is 8.08. The van der Waals surface area contributed by atoms with E-state index < -0.39 is 5.97 Å². The smallest absolute Gasteiger partial charge is 0.340 e. The van der Waals surface area contributed by atoms with Crippen molar-refractivity contribution >= 4 is 12.3 Å². The summed E-state index contributed by atoms with van der Waals surface area (Å²) in [6, 6.07) is 7.18. The maximum absolute atomic E-state index is 12.0. The lowest BCUT2D eigenvalue weighted by Crippen LogP contribution is -2.11. The number of benzene rings is 1. The van der Waals surface area contributed by atoms with E-state index in [0.29, 0.717) is 23.5 Å². The Kier molecular flexibility index (Phi) is 5.61. The zero-order chi connectivity index (χ0) is 18.5. The fraction of sp³-hybridized carbons (Fsp3) is 0.400. The number of nitrogens with one attached hydrogen (secondary N) is 1. The van der Waals surface area contributed by atoms with Crippen molar-refractivity contribution in [2.75, 3.05) is 13.7 Å². The number of aromatic amines is 1. The summed E-state index contributed by atoms with van der Waals surface area (Å²) < 4.78 is 16.5. The van der Waals surface area contributed by atoms with E-state index in [1.54, 1.807) is 20.1 Å². The molecule has 0 unspecified atom stereocenters. The van der Waals surface area contributed by atoms with Crippen LogP contribution in [0.1, 0.15) is 53.5 Å². The molecule has 1 aromatic carbocycles. The van der Waals surface area contributed by atoms with Crippen molar-refractivity contribution in [3.05, 3.63) is 35.5 Å². The molecular weight excluding hydrogens is 334 g/mol. The standard InChI is InChI=1S/C20H23NO5/c1-3-25-20(23)15-11-16(21-17(15)12-22)13-8-9-18(24-2)19(10-13)26-14-6-4-5-7-14/h8-12,14,21H,3-7H2,1-2H3. The highest BCUT2D eigenvalue weighted by Crippen LogP contribution is 2.35. The lowest BCUT2D eigenvalue weighted by Gasteiger charge is -2.16. The van der Waals surface area contributed by atoms with E-state index in [1.807, 2.05) is 18.2 Å². The fourth-order valence-corrected chi connectivity index (χ4v) is 3.22. The topological polar surface area (TPSA) is 77.6 Å². The first kappa shape index (κ1) is 18.0. The number of hydrogen-bond donors (Lipinski definition) is 1. The number of esters is 1.